The number of para-hydroxylation sites is 8. The number of nitrogens with zero attached hydrogens (tertiary/aromatic N) is 9. The number of aromatic nitrogens is 9. The van der Waals surface area contributed by atoms with E-state index in [0.717, 1.165) is 134 Å². The van der Waals surface area contributed by atoms with Crippen LogP contribution in [0.3, 0.4) is 0 Å². The van der Waals surface area contributed by atoms with Crippen LogP contribution in [-0.4, -0.2) is 42.8 Å². The summed E-state index contributed by atoms with van der Waals surface area (Å²) in [6.07, 6.45) is 0. The van der Waals surface area contributed by atoms with Gasteiger partial charge in [-0.05, 0) is 216 Å². The van der Waals surface area contributed by atoms with E-state index in [9.17, 15) is 0 Å². The highest BCUT2D eigenvalue weighted by atomic mass is 15.0. The van der Waals surface area contributed by atoms with Gasteiger partial charge in [0, 0.05) is 121 Å². The molecule has 23 aromatic carbocycles. The van der Waals surface area contributed by atoms with Crippen molar-refractivity contribution in [3.63, 3.8) is 0 Å². The molecule has 0 saturated carbocycles. The Labute approximate surface area is 814 Å². The van der Waals surface area contributed by atoms with Crippen LogP contribution in [-0.2, 0) is 5.41 Å². The molecular formula is C133H83N9. The SMILES string of the molecule is CC1(C)c2ccccc2-c2cccc(-c3nc4ccccc4nc3-c3cccc4cc(-n5c6cc(-n7c8ccccc8c8ccc9ccccc9c87)ccc6c6cc7ccccc7cc65)ccc34)c21.c1ccc(-n2c3ccccc3c3cc(-c4nc5ccccc5nc4-c4cccc5cc(-n6c7cc(-n8c9ccccc9c9ccc%10ccccc%10c98)ccc7c7cc8ccccc8cc76)ccc45)ccc32)cc1. The summed E-state index contributed by atoms with van der Waals surface area (Å²) in [7, 11) is 0. The van der Waals surface area contributed by atoms with Gasteiger partial charge in [-0.2, -0.15) is 0 Å². The average molecular weight is 1810 g/mol. The molecule has 9 nitrogen and oxygen atoms in total. The lowest BCUT2D eigenvalue weighted by Crippen LogP contribution is -2.16. The highest BCUT2D eigenvalue weighted by Crippen LogP contribution is 2.55. The third kappa shape index (κ3) is 11.9. The zero-order valence-corrected chi connectivity index (χ0v) is 77.5. The molecule has 7 heterocycles. The standard InChI is InChI=1S/C68H41N5.C65H42N4/c1-2-19-47(20-3-1)71-61-27-12-9-23-53(61)57-39-46(30-36-63(57)71)66-67(70-60-26-11-10-25-59(60)69-66)55-24-14-18-45-37-48(31-34-50(45)55)72-64-40-44-17-5-4-16-43(44)38-58(64)54-35-32-49(41-65(54)72)73-62-28-13-8-22-52(62)56-33-29-42-15-6-7-21-51(42)68(56)73;1-65(2)55-25-9-7-20-47(55)50-22-14-24-53(61(50)65)63-62(66-56-26-10-11-27-57(56)67-63)51-23-13-18-42-35-43(30-33-45(42)51)68-59-37-41-17-4-3-16-40(41)36-54(59)49-34-31-44(38-60(49)68)69-58-28-12-8-21-48(58)52-32-29-39-15-5-6-19-46(39)64(52)69/h1-41H;3-38H,1-2H3. The minimum absolute atomic E-state index is 0.219. The predicted molar refractivity (Wildman–Crippen MR) is 595 cm³/mol. The maximum atomic E-state index is 5.50. The highest BCUT2D eigenvalue weighted by Gasteiger charge is 2.39. The summed E-state index contributed by atoms with van der Waals surface area (Å²) < 4.78 is 12.3. The second kappa shape index (κ2) is 30.7. The van der Waals surface area contributed by atoms with Crippen LogP contribution in [0, 0.1) is 0 Å². The smallest absolute Gasteiger partial charge is 0.0979 e. The Kier molecular flexibility index (Phi) is 17.2. The molecule has 0 radical (unpaired) electrons. The van der Waals surface area contributed by atoms with Crippen LogP contribution in [0.25, 0.3) is 280 Å². The van der Waals surface area contributed by atoms with Crippen molar-refractivity contribution in [2.24, 2.45) is 0 Å². The first-order valence-electron chi connectivity index (χ1n) is 48.9. The average Bonchev–Trinajstić information content (AvgIpc) is 1.56. The van der Waals surface area contributed by atoms with Gasteiger partial charge in [0.15, 0.2) is 0 Å². The normalized spacial score (nSPS) is 12.6. The van der Waals surface area contributed by atoms with E-state index in [0.29, 0.717) is 0 Å². The number of benzene rings is 23. The van der Waals surface area contributed by atoms with Crippen molar-refractivity contribution in [3.05, 3.63) is 478 Å². The van der Waals surface area contributed by atoms with Crippen molar-refractivity contribution in [2.45, 2.75) is 19.3 Å². The van der Waals surface area contributed by atoms with Crippen molar-refractivity contribution in [1.82, 2.24) is 42.8 Å². The van der Waals surface area contributed by atoms with E-state index in [1.165, 1.54) is 158 Å². The predicted octanol–water partition coefficient (Wildman–Crippen LogP) is 34.6. The third-order valence-electron chi connectivity index (χ3n) is 30.6. The van der Waals surface area contributed by atoms with E-state index < -0.39 is 0 Å². The first-order valence-corrected chi connectivity index (χ1v) is 48.9. The van der Waals surface area contributed by atoms with Crippen LogP contribution < -0.4 is 0 Å². The zero-order valence-electron chi connectivity index (χ0n) is 77.5. The first-order chi connectivity index (χ1) is 70.2. The monoisotopic (exact) mass is 1810 g/mol. The van der Waals surface area contributed by atoms with Gasteiger partial charge >= 0.3 is 0 Å². The van der Waals surface area contributed by atoms with Gasteiger partial charge in [0.25, 0.3) is 0 Å². The van der Waals surface area contributed by atoms with Crippen LogP contribution in [0.2, 0.25) is 0 Å². The Hall–Kier alpha value is -18.7. The molecule has 1 aliphatic carbocycles. The van der Waals surface area contributed by atoms with Crippen molar-refractivity contribution < 1.29 is 0 Å². The molecule has 1 aliphatic rings. The maximum absolute atomic E-state index is 5.50. The lowest BCUT2D eigenvalue weighted by molar-refractivity contribution is 0.662. The second-order valence-corrected chi connectivity index (χ2v) is 38.6. The topological polar surface area (TPSA) is 76.2 Å². The van der Waals surface area contributed by atoms with Gasteiger partial charge in [0.1, 0.15) is 0 Å². The van der Waals surface area contributed by atoms with Crippen LogP contribution in [0.5, 0.6) is 0 Å². The summed E-state index contributed by atoms with van der Waals surface area (Å²) in [6, 6.07) is 171. The molecule has 0 fully saturated rings. The van der Waals surface area contributed by atoms with Crippen molar-refractivity contribution in [3.8, 4) is 84.6 Å². The van der Waals surface area contributed by atoms with Crippen LogP contribution in [0.15, 0.2) is 467 Å². The van der Waals surface area contributed by atoms with Gasteiger partial charge in [-0.3, -0.25) is 0 Å². The third-order valence-corrected chi connectivity index (χ3v) is 30.6. The van der Waals surface area contributed by atoms with E-state index in [4.69, 9.17) is 19.9 Å². The molecule has 30 aromatic rings. The molecule has 31 rings (SSSR count). The number of hydrogen-bond donors (Lipinski definition) is 0. The molecule has 0 bridgehead atoms. The lowest BCUT2D eigenvalue weighted by Gasteiger charge is -2.25. The molecule has 7 aromatic heterocycles. The van der Waals surface area contributed by atoms with Gasteiger partial charge in [-0.1, -0.05) is 341 Å². The largest absolute Gasteiger partial charge is 0.309 e. The van der Waals surface area contributed by atoms with Crippen molar-refractivity contribution in [2.75, 3.05) is 0 Å². The van der Waals surface area contributed by atoms with Crippen molar-refractivity contribution in [1.29, 1.82) is 0 Å². The molecule has 9 heteroatoms. The molecule has 142 heavy (non-hydrogen) atoms. The summed E-state index contributed by atoms with van der Waals surface area (Å²) in [4.78, 5) is 21.9. The number of fused-ring (bicyclic) bond motifs is 28. The van der Waals surface area contributed by atoms with Gasteiger partial charge in [-0.25, -0.2) is 19.9 Å². The molecular weight excluding hydrogens is 1720 g/mol. The fraction of sp³-hybridized carbons (Fsp3) is 0.0226. The number of rotatable bonds is 9. The Morgan fingerprint density at radius 2 is 0.500 bits per heavy atom. The molecule has 0 spiro atoms. The summed E-state index contributed by atoms with van der Waals surface area (Å²) in [5, 5.41) is 26.6. The number of hydrogen-bond acceptors (Lipinski definition) is 4. The Morgan fingerprint density at radius 3 is 1.02 bits per heavy atom. The van der Waals surface area contributed by atoms with E-state index in [1.54, 1.807) is 0 Å². The van der Waals surface area contributed by atoms with Gasteiger partial charge in [0.2, 0.25) is 0 Å². The van der Waals surface area contributed by atoms with Gasteiger partial charge in [-0.15, -0.1) is 0 Å². The van der Waals surface area contributed by atoms with Crippen LogP contribution >= 0.6 is 0 Å². The zero-order chi connectivity index (χ0) is 93.3. The van der Waals surface area contributed by atoms with Gasteiger partial charge < -0.3 is 22.8 Å². The summed E-state index contributed by atoms with van der Waals surface area (Å²) in [6.45, 7) is 4.69. The molecule has 0 saturated heterocycles. The Bertz CT molecular complexity index is 10700. The summed E-state index contributed by atoms with van der Waals surface area (Å²) in [5.41, 5.74) is 33.6. The molecule has 660 valence electrons. The highest BCUT2D eigenvalue weighted by molar-refractivity contribution is 6.23. The summed E-state index contributed by atoms with van der Waals surface area (Å²) in [5.74, 6) is 0. The maximum Gasteiger partial charge on any atom is 0.0979 e. The minimum atomic E-state index is -0.219. The quantitative estimate of drug-likeness (QED) is 0.144. The summed E-state index contributed by atoms with van der Waals surface area (Å²) >= 11 is 0. The molecule has 0 unspecified atom stereocenters. The molecule has 0 atom stereocenters. The Balaban J connectivity index is 0.000000133. The van der Waals surface area contributed by atoms with E-state index in [2.05, 4.69) is 492 Å². The van der Waals surface area contributed by atoms with E-state index >= 15 is 0 Å². The van der Waals surface area contributed by atoms with Gasteiger partial charge in [0.05, 0.1) is 100 Å². The molecule has 0 N–H and O–H groups in total. The molecule has 0 amide bonds. The first kappa shape index (κ1) is 79.5. The fourth-order valence-corrected chi connectivity index (χ4v) is 24.2. The van der Waals surface area contributed by atoms with E-state index in [-0.39, 0.29) is 5.41 Å². The van der Waals surface area contributed by atoms with Crippen LogP contribution in [0.1, 0.15) is 25.0 Å². The van der Waals surface area contributed by atoms with Crippen molar-refractivity contribution >= 4 is 196 Å². The minimum Gasteiger partial charge on any atom is -0.309 e. The van der Waals surface area contributed by atoms with Crippen LogP contribution in [0.4, 0.5) is 0 Å². The van der Waals surface area contributed by atoms with E-state index in [1.807, 2.05) is 12.1 Å². The Morgan fingerprint density at radius 1 is 0.169 bits per heavy atom. The lowest BCUT2D eigenvalue weighted by atomic mass is 9.79. The second-order valence-electron chi connectivity index (χ2n) is 38.6. The molecule has 0 aliphatic heterocycles. The fourth-order valence-electron chi connectivity index (χ4n) is 24.2.